The van der Waals surface area contributed by atoms with Gasteiger partial charge in [-0.2, -0.15) is 0 Å². The summed E-state index contributed by atoms with van der Waals surface area (Å²) < 4.78 is 0. The fourth-order valence-electron chi connectivity index (χ4n) is 6.71. The van der Waals surface area contributed by atoms with E-state index >= 15 is 0 Å². The maximum absolute atomic E-state index is 14.2. The minimum absolute atomic E-state index is 0.0393. The van der Waals surface area contributed by atoms with Crippen molar-refractivity contribution in [3.63, 3.8) is 0 Å². The number of allylic oxidation sites excluding steroid dienone is 3. The van der Waals surface area contributed by atoms with Crippen LogP contribution in [0.5, 0.6) is 0 Å². The van der Waals surface area contributed by atoms with Gasteiger partial charge in [0.05, 0.1) is 11.6 Å². The van der Waals surface area contributed by atoms with Crippen LogP contribution in [-0.4, -0.2) is 52.8 Å². The highest BCUT2D eigenvalue weighted by atomic mass is 16.2. The molecule has 1 heterocycles. The highest BCUT2D eigenvalue weighted by Crippen LogP contribution is 2.31. The number of likely N-dealkylation sites (tertiary alicyclic amines) is 1. The summed E-state index contributed by atoms with van der Waals surface area (Å²) in [6, 6.07) is 5.98. The van der Waals surface area contributed by atoms with Crippen LogP contribution in [0.15, 0.2) is 56.2 Å². The number of benzene rings is 1. The fraction of sp³-hybridized carbons (Fsp3) is 0.553. The first-order chi connectivity index (χ1) is 21.9. The summed E-state index contributed by atoms with van der Waals surface area (Å²) in [5, 5.41) is 6.09. The van der Waals surface area contributed by atoms with Gasteiger partial charge in [0.1, 0.15) is 6.04 Å². The molecule has 1 aliphatic heterocycles. The van der Waals surface area contributed by atoms with E-state index in [-0.39, 0.29) is 30.4 Å². The molecule has 3 rings (SSSR count). The van der Waals surface area contributed by atoms with Crippen molar-refractivity contribution in [1.82, 2.24) is 15.5 Å². The zero-order valence-corrected chi connectivity index (χ0v) is 28.1. The van der Waals surface area contributed by atoms with Gasteiger partial charge in [-0.25, -0.2) is 4.79 Å². The van der Waals surface area contributed by atoms with E-state index in [4.69, 9.17) is 0 Å². The topological polar surface area (TPSA) is 113 Å². The van der Waals surface area contributed by atoms with Crippen LogP contribution in [0.3, 0.4) is 0 Å². The van der Waals surface area contributed by atoms with E-state index in [9.17, 15) is 24.0 Å². The zero-order valence-electron chi connectivity index (χ0n) is 28.1. The van der Waals surface area contributed by atoms with Gasteiger partial charge in [-0.15, -0.1) is 13.2 Å². The molecule has 1 aliphatic carbocycles. The smallest absolute Gasteiger partial charge is 0.316 e. The summed E-state index contributed by atoms with van der Waals surface area (Å²) in [7, 11) is 0. The number of ketones is 3. The average Bonchev–Trinajstić information content (AvgIpc) is 3.54. The molecule has 8 nitrogen and oxygen atoms in total. The Hall–Kier alpha value is -3.81. The second-order valence-electron chi connectivity index (χ2n) is 13.5. The molecule has 1 saturated heterocycles. The minimum Gasteiger partial charge on any atom is -0.331 e. The third kappa shape index (κ3) is 9.84. The Kier molecular flexibility index (Phi) is 13.7. The molecule has 1 aromatic carbocycles. The molecule has 250 valence electrons. The number of hydrogen-bond donors (Lipinski definition) is 2. The summed E-state index contributed by atoms with van der Waals surface area (Å²) in [4.78, 5) is 68.7. The monoisotopic (exact) mass is 631 g/mol. The first kappa shape index (κ1) is 36.7. The number of rotatable bonds is 17. The lowest BCUT2D eigenvalue weighted by molar-refractivity contribution is -0.143. The molecule has 2 aliphatic rings. The van der Waals surface area contributed by atoms with Gasteiger partial charge >= 0.3 is 6.03 Å². The SMILES string of the molecule is C=CCCC(=O)C(=O)C(CCC=C)CC(=O)[C@@H]1CCCN1C(=O)[C@@H](NC(=O)NC(C)(C)c1cccc(C(=C)C)c1)C1CCCCC1. The molecule has 3 amide bonds. The van der Waals surface area contributed by atoms with Crippen LogP contribution < -0.4 is 10.6 Å². The molecule has 0 radical (unpaired) electrons. The predicted octanol–water partition coefficient (Wildman–Crippen LogP) is 6.84. The lowest BCUT2D eigenvalue weighted by atomic mass is 9.83. The molecule has 46 heavy (non-hydrogen) atoms. The molecular formula is C38H53N3O5. The predicted molar refractivity (Wildman–Crippen MR) is 183 cm³/mol. The van der Waals surface area contributed by atoms with Crippen molar-refractivity contribution in [2.24, 2.45) is 11.8 Å². The van der Waals surface area contributed by atoms with E-state index in [1.807, 2.05) is 45.0 Å². The van der Waals surface area contributed by atoms with Crippen LogP contribution >= 0.6 is 0 Å². The van der Waals surface area contributed by atoms with Crippen molar-refractivity contribution >= 4 is 34.9 Å². The van der Waals surface area contributed by atoms with Crippen LogP contribution in [0.2, 0.25) is 0 Å². The van der Waals surface area contributed by atoms with Crippen molar-refractivity contribution in [1.29, 1.82) is 0 Å². The quantitative estimate of drug-likeness (QED) is 0.144. The van der Waals surface area contributed by atoms with Crippen molar-refractivity contribution < 1.29 is 24.0 Å². The largest absolute Gasteiger partial charge is 0.331 e. The zero-order chi connectivity index (χ0) is 33.9. The second-order valence-corrected chi connectivity index (χ2v) is 13.5. The summed E-state index contributed by atoms with van der Waals surface area (Å²) in [5.74, 6) is -2.29. The Morgan fingerprint density at radius 2 is 1.70 bits per heavy atom. The first-order valence-corrected chi connectivity index (χ1v) is 16.9. The molecular weight excluding hydrogens is 578 g/mol. The Labute approximate surface area is 275 Å². The van der Waals surface area contributed by atoms with Gasteiger partial charge in [-0.1, -0.05) is 61.8 Å². The molecule has 1 unspecified atom stereocenters. The number of Topliss-reactive ketones (excluding diaryl/α,β-unsaturated/α-hetero) is 3. The van der Waals surface area contributed by atoms with Crippen molar-refractivity contribution in [3.05, 3.63) is 67.3 Å². The Bertz CT molecular complexity index is 1310. The fourth-order valence-corrected chi connectivity index (χ4v) is 6.71. The molecule has 2 fully saturated rings. The van der Waals surface area contributed by atoms with Crippen molar-refractivity contribution in [2.75, 3.05) is 6.54 Å². The van der Waals surface area contributed by atoms with E-state index in [0.29, 0.717) is 38.6 Å². The molecule has 1 aromatic rings. The number of urea groups is 1. The van der Waals surface area contributed by atoms with Gasteiger partial charge < -0.3 is 15.5 Å². The Balaban J connectivity index is 1.78. The molecule has 2 N–H and O–H groups in total. The Morgan fingerprint density at radius 3 is 2.35 bits per heavy atom. The molecule has 0 spiro atoms. The van der Waals surface area contributed by atoms with E-state index in [2.05, 4.69) is 30.4 Å². The molecule has 0 aromatic heterocycles. The molecule has 8 heteroatoms. The highest BCUT2D eigenvalue weighted by molar-refractivity contribution is 6.38. The highest BCUT2D eigenvalue weighted by Gasteiger charge is 2.42. The minimum atomic E-state index is -0.773. The lowest BCUT2D eigenvalue weighted by Gasteiger charge is -2.36. The third-order valence-electron chi connectivity index (χ3n) is 9.47. The van der Waals surface area contributed by atoms with Crippen LogP contribution in [0.4, 0.5) is 4.79 Å². The van der Waals surface area contributed by atoms with E-state index in [1.165, 1.54) is 0 Å². The standard InChI is InChI=1S/C38H53N3O5/c1-7-9-16-29(35(44)32(42)22-10-8-2)25-33(43)31-21-15-23-41(31)36(45)34(27-17-12-11-13-18-27)39-37(46)40-38(5,6)30-20-14-19-28(24-30)26(3)4/h7-8,14,19-20,24,27,29,31,34H,1-3,9-13,15-18,21-23,25H2,4-6H3,(H2,39,40,46)/t29?,31-,34-/m0/s1. The number of amides is 3. The maximum Gasteiger partial charge on any atom is 0.316 e. The van der Waals surface area contributed by atoms with Gasteiger partial charge in [0, 0.05) is 25.3 Å². The molecule has 3 atom stereocenters. The van der Waals surface area contributed by atoms with E-state index in [1.54, 1.807) is 17.1 Å². The van der Waals surface area contributed by atoms with Gasteiger partial charge in [0.2, 0.25) is 11.7 Å². The molecule has 0 bridgehead atoms. The van der Waals surface area contributed by atoms with Gasteiger partial charge in [0.15, 0.2) is 11.6 Å². The van der Waals surface area contributed by atoms with Crippen LogP contribution in [0, 0.1) is 11.8 Å². The van der Waals surface area contributed by atoms with Crippen LogP contribution in [0.1, 0.15) is 109 Å². The van der Waals surface area contributed by atoms with E-state index < -0.39 is 41.1 Å². The summed E-state index contributed by atoms with van der Waals surface area (Å²) in [6.07, 6.45) is 10.3. The second kappa shape index (κ2) is 17.2. The molecule has 1 saturated carbocycles. The summed E-state index contributed by atoms with van der Waals surface area (Å²) in [5.41, 5.74) is 2.10. The first-order valence-electron chi connectivity index (χ1n) is 16.9. The van der Waals surface area contributed by atoms with Crippen LogP contribution in [-0.2, 0) is 24.7 Å². The average molecular weight is 632 g/mol. The third-order valence-corrected chi connectivity index (χ3v) is 9.47. The maximum atomic E-state index is 14.2. The Morgan fingerprint density at radius 1 is 1.00 bits per heavy atom. The van der Waals surface area contributed by atoms with Gasteiger partial charge in [0.25, 0.3) is 0 Å². The van der Waals surface area contributed by atoms with Gasteiger partial charge in [-0.05, 0) is 88.8 Å². The number of carbonyl (C=O) groups excluding carboxylic acids is 5. The van der Waals surface area contributed by atoms with Crippen molar-refractivity contribution in [3.8, 4) is 0 Å². The number of carbonyl (C=O) groups is 5. The van der Waals surface area contributed by atoms with Crippen LogP contribution in [0.25, 0.3) is 5.57 Å². The number of hydrogen-bond acceptors (Lipinski definition) is 5. The summed E-state index contributed by atoms with van der Waals surface area (Å²) >= 11 is 0. The van der Waals surface area contributed by atoms with Gasteiger partial charge in [-0.3, -0.25) is 19.2 Å². The number of nitrogens with zero attached hydrogens (tertiary/aromatic N) is 1. The number of nitrogens with one attached hydrogen (secondary N) is 2. The summed E-state index contributed by atoms with van der Waals surface area (Å²) in [6.45, 7) is 17.6. The van der Waals surface area contributed by atoms with Crippen molar-refractivity contribution in [2.45, 2.75) is 115 Å². The van der Waals surface area contributed by atoms with E-state index in [0.717, 1.165) is 48.8 Å². The normalized spacial score (nSPS) is 18.2. The lowest BCUT2D eigenvalue weighted by Crippen LogP contribution is -2.58.